The van der Waals surface area contributed by atoms with Gasteiger partial charge in [-0.25, -0.2) is 9.78 Å². The lowest BCUT2D eigenvalue weighted by Gasteiger charge is -2.34. The number of piperazine rings is 1. The van der Waals surface area contributed by atoms with E-state index < -0.39 is 11.0 Å². The van der Waals surface area contributed by atoms with Crippen LogP contribution < -0.4 is 10.6 Å². The number of hydrogen-bond donors (Lipinski definition) is 2. The maximum atomic E-state index is 10.8. The standard InChI is InChI=1S/C10H12ClN5O4/c11-6-5-7(16(19)20)8(12)13-9(6)14-1-3-15(4-2-14)10(17)18/h5H,1-4H2,(H2,12,13)(H,17,18). The van der Waals surface area contributed by atoms with Gasteiger partial charge in [-0.3, -0.25) is 10.1 Å². The highest BCUT2D eigenvalue weighted by molar-refractivity contribution is 6.33. The molecule has 0 aromatic carbocycles. The lowest BCUT2D eigenvalue weighted by Crippen LogP contribution is -2.48. The first-order valence-corrected chi connectivity index (χ1v) is 6.11. The normalized spacial score (nSPS) is 15.2. The van der Waals surface area contributed by atoms with Crippen LogP contribution in [0, 0.1) is 10.1 Å². The molecule has 9 nitrogen and oxygen atoms in total. The van der Waals surface area contributed by atoms with Gasteiger partial charge in [0.1, 0.15) is 0 Å². The number of halogens is 1. The minimum atomic E-state index is -0.980. The van der Waals surface area contributed by atoms with E-state index in [1.165, 1.54) is 4.90 Å². The maximum absolute atomic E-state index is 10.8. The van der Waals surface area contributed by atoms with Gasteiger partial charge in [0.2, 0.25) is 5.82 Å². The van der Waals surface area contributed by atoms with E-state index >= 15 is 0 Å². The van der Waals surface area contributed by atoms with E-state index in [2.05, 4.69) is 4.98 Å². The van der Waals surface area contributed by atoms with Gasteiger partial charge in [0, 0.05) is 32.2 Å². The number of nitro groups is 1. The van der Waals surface area contributed by atoms with Crippen LogP contribution in [0.15, 0.2) is 6.07 Å². The summed E-state index contributed by atoms with van der Waals surface area (Å²) < 4.78 is 0. The van der Waals surface area contributed by atoms with Crippen LogP contribution in [0.1, 0.15) is 0 Å². The predicted octanol–water partition coefficient (Wildman–Crippen LogP) is 1.03. The zero-order chi connectivity index (χ0) is 14.9. The van der Waals surface area contributed by atoms with Crippen molar-refractivity contribution in [3.8, 4) is 0 Å². The van der Waals surface area contributed by atoms with E-state index in [1.807, 2.05) is 0 Å². The molecule has 0 radical (unpaired) electrons. The van der Waals surface area contributed by atoms with Crippen molar-refractivity contribution in [3.05, 3.63) is 21.2 Å². The predicted molar refractivity (Wildman–Crippen MR) is 72.1 cm³/mol. The summed E-state index contributed by atoms with van der Waals surface area (Å²) in [7, 11) is 0. The zero-order valence-electron chi connectivity index (χ0n) is 10.3. The number of anilines is 2. The van der Waals surface area contributed by atoms with Gasteiger partial charge in [0.05, 0.1) is 9.95 Å². The second-order valence-electron chi connectivity index (χ2n) is 4.21. The number of carboxylic acid groups (broad SMARTS) is 1. The number of hydrogen-bond acceptors (Lipinski definition) is 6. The molecule has 0 aliphatic carbocycles. The molecule has 2 heterocycles. The molecule has 10 heteroatoms. The Balaban J connectivity index is 2.20. The van der Waals surface area contributed by atoms with Gasteiger partial charge in [-0.1, -0.05) is 11.6 Å². The van der Waals surface area contributed by atoms with E-state index in [4.69, 9.17) is 22.4 Å². The third-order valence-corrected chi connectivity index (χ3v) is 3.29. The van der Waals surface area contributed by atoms with Gasteiger partial charge in [-0.05, 0) is 0 Å². The lowest BCUT2D eigenvalue weighted by molar-refractivity contribution is -0.384. The molecule has 108 valence electrons. The molecular formula is C10H12ClN5O4. The molecule has 1 amide bonds. The van der Waals surface area contributed by atoms with Crippen molar-refractivity contribution in [2.75, 3.05) is 36.8 Å². The van der Waals surface area contributed by atoms with E-state index in [0.717, 1.165) is 6.07 Å². The monoisotopic (exact) mass is 301 g/mol. The summed E-state index contributed by atoms with van der Waals surface area (Å²) in [5, 5.41) is 19.7. The Morgan fingerprint density at radius 3 is 2.55 bits per heavy atom. The quantitative estimate of drug-likeness (QED) is 0.617. The summed E-state index contributed by atoms with van der Waals surface area (Å²) in [6.45, 7) is 1.42. The number of nitrogen functional groups attached to an aromatic ring is 1. The first-order valence-electron chi connectivity index (χ1n) is 5.73. The summed E-state index contributed by atoms with van der Waals surface area (Å²) in [6, 6.07) is 1.16. The van der Waals surface area contributed by atoms with Crippen molar-refractivity contribution >= 4 is 35.0 Å². The average molecular weight is 302 g/mol. The molecule has 1 aliphatic heterocycles. The van der Waals surface area contributed by atoms with Crippen LogP contribution in [-0.4, -0.2) is 52.2 Å². The van der Waals surface area contributed by atoms with Crippen LogP contribution in [0.5, 0.6) is 0 Å². The third kappa shape index (κ3) is 2.67. The second kappa shape index (κ2) is 5.37. The summed E-state index contributed by atoms with van der Waals surface area (Å²) >= 11 is 5.98. The third-order valence-electron chi connectivity index (χ3n) is 3.01. The average Bonchev–Trinajstić information content (AvgIpc) is 2.40. The van der Waals surface area contributed by atoms with Crippen molar-refractivity contribution in [3.63, 3.8) is 0 Å². The van der Waals surface area contributed by atoms with Gasteiger partial charge >= 0.3 is 11.8 Å². The highest BCUT2D eigenvalue weighted by atomic mass is 35.5. The van der Waals surface area contributed by atoms with E-state index in [-0.39, 0.29) is 16.5 Å². The first kappa shape index (κ1) is 14.1. The Morgan fingerprint density at radius 2 is 2.05 bits per heavy atom. The van der Waals surface area contributed by atoms with Gasteiger partial charge in [0.15, 0.2) is 5.82 Å². The van der Waals surface area contributed by atoms with Gasteiger partial charge in [0.25, 0.3) is 0 Å². The van der Waals surface area contributed by atoms with E-state index in [0.29, 0.717) is 32.0 Å². The van der Waals surface area contributed by atoms with Gasteiger partial charge in [-0.15, -0.1) is 0 Å². The zero-order valence-corrected chi connectivity index (χ0v) is 11.1. The number of nitrogens with zero attached hydrogens (tertiary/aromatic N) is 4. The van der Waals surface area contributed by atoms with Gasteiger partial charge < -0.3 is 20.6 Å². The van der Waals surface area contributed by atoms with Crippen LogP contribution in [0.25, 0.3) is 0 Å². The fraction of sp³-hybridized carbons (Fsp3) is 0.400. The number of carbonyl (C=O) groups is 1. The first-order chi connectivity index (χ1) is 9.40. The van der Waals surface area contributed by atoms with E-state index in [9.17, 15) is 14.9 Å². The van der Waals surface area contributed by atoms with Crippen molar-refractivity contribution in [2.24, 2.45) is 0 Å². The molecule has 0 saturated carbocycles. The molecule has 1 aromatic heterocycles. The molecule has 1 aromatic rings. The molecule has 1 saturated heterocycles. The molecule has 2 rings (SSSR count). The Hall–Kier alpha value is -2.29. The minimum absolute atomic E-state index is 0.120. The minimum Gasteiger partial charge on any atom is -0.465 e. The molecule has 1 fully saturated rings. The largest absolute Gasteiger partial charge is 0.465 e. The number of rotatable bonds is 2. The fourth-order valence-electron chi connectivity index (χ4n) is 1.96. The molecule has 0 atom stereocenters. The molecule has 0 unspecified atom stereocenters. The molecule has 1 aliphatic rings. The number of pyridine rings is 1. The molecule has 20 heavy (non-hydrogen) atoms. The molecular weight excluding hydrogens is 290 g/mol. The van der Waals surface area contributed by atoms with Crippen molar-refractivity contribution in [2.45, 2.75) is 0 Å². The lowest BCUT2D eigenvalue weighted by atomic mass is 10.3. The highest BCUT2D eigenvalue weighted by Crippen LogP contribution is 2.31. The number of aromatic nitrogens is 1. The Morgan fingerprint density at radius 1 is 1.45 bits per heavy atom. The van der Waals surface area contributed by atoms with Crippen molar-refractivity contribution in [1.29, 1.82) is 0 Å². The second-order valence-corrected chi connectivity index (χ2v) is 4.62. The summed E-state index contributed by atoms with van der Waals surface area (Å²) in [5.74, 6) is 0.120. The van der Waals surface area contributed by atoms with Crippen LogP contribution in [0.2, 0.25) is 5.02 Å². The fourth-order valence-corrected chi connectivity index (χ4v) is 2.23. The van der Waals surface area contributed by atoms with E-state index in [1.54, 1.807) is 4.90 Å². The smallest absolute Gasteiger partial charge is 0.407 e. The SMILES string of the molecule is Nc1nc(N2CCN(C(=O)O)CC2)c(Cl)cc1[N+](=O)[O-]. The van der Waals surface area contributed by atoms with Crippen LogP contribution in [-0.2, 0) is 0 Å². The molecule has 0 spiro atoms. The van der Waals surface area contributed by atoms with Crippen molar-refractivity contribution < 1.29 is 14.8 Å². The topological polar surface area (TPSA) is 126 Å². The highest BCUT2D eigenvalue weighted by Gasteiger charge is 2.25. The van der Waals surface area contributed by atoms with Crippen LogP contribution in [0.4, 0.5) is 22.1 Å². The van der Waals surface area contributed by atoms with Crippen LogP contribution >= 0.6 is 11.6 Å². The molecule has 3 N–H and O–H groups in total. The van der Waals surface area contributed by atoms with Crippen LogP contribution in [0.3, 0.4) is 0 Å². The summed E-state index contributed by atoms with van der Waals surface area (Å²) in [4.78, 5) is 27.9. The Bertz CT molecular complexity index is 559. The Kier molecular flexibility index (Phi) is 3.79. The molecule has 0 bridgehead atoms. The summed E-state index contributed by atoms with van der Waals surface area (Å²) in [6.07, 6.45) is -0.980. The Labute approximate surface area is 118 Å². The van der Waals surface area contributed by atoms with Gasteiger partial charge in [-0.2, -0.15) is 0 Å². The summed E-state index contributed by atoms with van der Waals surface area (Å²) in [5.41, 5.74) is 5.19. The number of nitrogens with two attached hydrogens (primary N) is 1. The van der Waals surface area contributed by atoms with Crippen molar-refractivity contribution in [1.82, 2.24) is 9.88 Å². The number of amides is 1. The maximum Gasteiger partial charge on any atom is 0.407 e.